The summed E-state index contributed by atoms with van der Waals surface area (Å²) in [6.07, 6.45) is 4.80. The molecule has 1 aliphatic rings. The van der Waals surface area contributed by atoms with E-state index in [0.717, 1.165) is 29.7 Å². The quantitative estimate of drug-likeness (QED) is 0.750. The van der Waals surface area contributed by atoms with E-state index in [9.17, 15) is 5.11 Å². The zero-order valence-electron chi connectivity index (χ0n) is 14.5. The average Bonchev–Trinajstić information content (AvgIpc) is 2.67. The van der Waals surface area contributed by atoms with Gasteiger partial charge in [0.05, 0.1) is 11.1 Å². The maximum absolute atomic E-state index is 10.2. The average molecular weight is 333 g/mol. The number of phenols is 1. The number of hydrogen-bond acceptors (Lipinski definition) is 4. The molecule has 2 heterocycles. The Hall–Kier alpha value is -2.62. The van der Waals surface area contributed by atoms with E-state index < -0.39 is 0 Å². The minimum atomic E-state index is 0.217. The van der Waals surface area contributed by atoms with E-state index in [1.54, 1.807) is 6.07 Å². The van der Waals surface area contributed by atoms with Crippen LogP contribution in [0.15, 0.2) is 48.5 Å². The second-order valence-corrected chi connectivity index (χ2v) is 6.66. The van der Waals surface area contributed by atoms with Gasteiger partial charge in [-0.05, 0) is 49.9 Å². The summed E-state index contributed by atoms with van der Waals surface area (Å²) in [6, 6.07) is 16.0. The molecule has 4 heteroatoms. The Labute approximate surface area is 148 Å². The highest BCUT2D eigenvalue weighted by atomic mass is 16.3. The highest BCUT2D eigenvalue weighted by Crippen LogP contribution is 2.34. The number of phenolic OH excluding ortho intramolecular Hbond substituents is 1. The SMILES string of the molecule is CC[C@H]1CCCCN1c1nc(-c2ccccc2O)nc2ccccc12. The Kier molecular flexibility index (Phi) is 4.26. The highest BCUT2D eigenvalue weighted by Gasteiger charge is 2.25. The fraction of sp³-hybridized carbons (Fsp3) is 0.333. The molecule has 2 aromatic carbocycles. The summed E-state index contributed by atoms with van der Waals surface area (Å²) in [5.41, 5.74) is 1.60. The molecule has 25 heavy (non-hydrogen) atoms. The smallest absolute Gasteiger partial charge is 0.165 e. The lowest BCUT2D eigenvalue weighted by atomic mass is 9.99. The van der Waals surface area contributed by atoms with E-state index >= 15 is 0 Å². The van der Waals surface area contributed by atoms with Gasteiger partial charge in [-0.2, -0.15) is 0 Å². The first-order valence-corrected chi connectivity index (χ1v) is 9.09. The minimum Gasteiger partial charge on any atom is -0.507 e. The van der Waals surface area contributed by atoms with Crippen LogP contribution in [0.4, 0.5) is 5.82 Å². The zero-order valence-corrected chi connectivity index (χ0v) is 14.5. The van der Waals surface area contributed by atoms with E-state index in [4.69, 9.17) is 9.97 Å². The fourth-order valence-corrected chi connectivity index (χ4v) is 3.77. The lowest BCUT2D eigenvalue weighted by molar-refractivity contribution is 0.448. The fourth-order valence-electron chi connectivity index (χ4n) is 3.77. The summed E-state index contributed by atoms with van der Waals surface area (Å²) in [5.74, 6) is 1.80. The first kappa shape index (κ1) is 15.9. The second-order valence-electron chi connectivity index (χ2n) is 6.66. The topological polar surface area (TPSA) is 49.2 Å². The highest BCUT2D eigenvalue weighted by molar-refractivity contribution is 5.91. The standard InChI is InChI=1S/C21H23N3O/c1-2-15-9-7-8-14-24(15)21-16-10-3-5-12-18(16)22-20(23-21)17-11-4-6-13-19(17)25/h3-6,10-13,15,25H,2,7-9,14H2,1H3/t15-/m0/s1. The summed E-state index contributed by atoms with van der Waals surface area (Å²) in [5, 5.41) is 11.3. The number of nitrogens with zero attached hydrogens (tertiary/aromatic N) is 3. The van der Waals surface area contributed by atoms with Crippen LogP contribution >= 0.6 is 0 Å². The molecule has 0 amide bonds. The van der Waals surface area contributed by atoms with E-state index in [2.05, 4.69) is 17.9 Å². The van der Waals surface area contributed by atoms with Crippen LogP contribution < -0.4 is 4.90 Å². The van der Waals surface area contributed by atoms with Crippen molar-refractivity contribution in [1.29, 1.82) is 0 Å². The van der Waals surface area contributed by atoms with Gasteiger partial charge in [-0.25, -0.2) is 9.97 Å². The third-order valence-electron chi connectivity index (χ3n) is 5.10. The molecular weight excluding hydrogens is 310 g/mol. The Morgan fingerprint density at radius 1 is 1.04 bits per heavy atom. The maximum Gasteiger partial charge on any atom is 0.165 e. The van der Waals surface area contributed by atoms with Gasteiger partial charge in [0.15, 0.2) is 5.82 Å². The third-order valence-corrected chi connectivity index (χ3v) is 5.10. The molecule has 128 valence electrons. The largest absolute Gasteiger partial charge is 0.507 e. The van der Waals surface area contributed by atoms with Crippen molar-refractivity contribution in [2.24, 2.45) is 0 Å². The number of hydrogen-bond donors (Lipinski definition) is 1. The second kappa shape index (κ2) is 6.71. The van der Waals surface area contributed by atoms with Crippen molar-refractivity contribution < 1.29 is 5.11 Å². The van der Waals surface area contributed by atoms with Crippen molar-refractivity contribution in [3.63, 3.8) is 0 Å². The van der Waals surface area contributed by atoms with Crippen molar-refractivity contribution in [2.75, 3.05) is 11.4 Å². The van der Waals surface area contributed by atoms with E-state index in [-0.39, 0.29) is 5.75 Å². The van der Waals surface area contributed by atoms with Crippen molar-refractivity contribution in [2.45, 2.75) is 38.6 Å². The van der Waals surface area contributed by atoms with Gasteiger partial charge >= 0.3 is 0 Å². The molecule has 0 saturated carbocycles. The van der Waals surface area contributed by atoms with Gasteiger partial charge in [-0.15, -0.1) is 0 Å². The van der Waals surface area contributed by atoms with Crippen molar-refractivity contribution >= 4 is 16.7 Å². The zero-order chi connectivity index (χ0) is 17.2. The lowest BCUT2D eigenvalue weighted by Gasteiger charge is -2.37. The molecule has 1 aliphatic heterocycles. The van der Waals surface area contributed by atoms with Crippen molar-refractivity contribution in [3.05, 3.63) is 48.5 Å². The summed E-state index contributed by atoms with van der Waals surface area (Å²) < 4.78 is 0. The van der Waals surface area contributed by atoms with E-state index in [0.29, 0.717) is 17.4 Å². The van der Waals surface area contributed by atoms with Gasteiger partial charge in [-0.3, -0.25) is 0 Å². The van der Waals surface area contributed by atoms with E-state index in [1.807, 2.05) is 36.4 Å². The number of fused-ring (bicyclic) bond motifs is 1. The van der Waals surface area contributed by atoms with Crippen molar-refractivity contribution in [3.8, 4) is 17.1 Å². The van der Waals surface area contributed by atoms with Gasteiger partial charge in [-0.1, -0.05) is 31.2 Å². The van der Waals surface area contributed by atoms with Crippen LogP contribution in [-0.4, -0.2) is 27.7 Å². The van der Waals surface area contributed by atoms with Crippen LogP contribution in [0, 0.1) is 0 Å². The Morgan fingerprint density at radius 2 is 1.84 bits per heavy atom. The molecule has 0 spiro atoms. The minimum absolute atomic E-state index is 0.217. The number of aromatic hydroxyl groups is 1. The number of piperidine rings is 1. The predicted molar refractivity (Wildman–Crippen MR) is 102 cm³/mol. The number of anilines is 1. The van der Waals surface area contributed by atoms with Crippen LogP contribution in [0.25, 0.3) is 22.3 Å². The molecule has 1 aromatic heterocycles. The lowest BCUT2D eigenvalue weighted by Crippen LogP contribution is -2.39. The molecule has 1 N–H and O–H groups in total. The van der Waals surface area contributed by atoms with Gasteiger partial charge < -0.3 is 10.0 Å². The van der Waals surface area contributed by atoms with Crippen LogP contribution in [0.1, 0.15) is 32.6 Å². The number of benzene rings is 2. The first-order chi connectivity index (χ1) is 12.3. The molecule has 4 rings (SSSR count). The summed E-state index contributed by atoms with van der Waals surface area (Å²) in [7, 11) is 0. The van der Waals surface area contributed by atoms with Crippen LogP contribution in [0.2, 0.25) is 0 Å². The molecule has 0 aliphatic carbocycles. The van der Waals surface area contributed by atoms with Gasteiger partial charge in [0.1, 0.15) is 11.6 Å². The number of para-hydroxylation sites is 2. The number of rotatable bonds is 3. The normalized spacial score (nSPS) is 17.8. The van der Waals surface area contributed by atoms with E-state index in [1.165, 1.54) is 19.3 Å². The summed E-state index contributed by atoms with van der Waals surface area (Å²) in [4.78, 5) is 12.1. The van der Waals surface area contributed by atoms with Gasteiger partial charge in [0.2, 0.25) is 0 Å². The predicted octanol–water partition coefficient (Wildman–Crippen LogP) is 4.77. The van der Waals surface area contributed by atoms with Crippen molar-refractivity contribution in [1.82, 2.24) is 9.97 Å². The molecule has 1 saturated heterocycles. The molecular formula is C21H23N3O. The number of aromatic nitrogens is 2. The summed E-state index contributed by atoms with van der Waals surface area (Å²) in [6.45, 7) is 3.27. The molecule has 1 atom stereocenters. The van der Waals surface area contributed by atoms with Gasteiger partial charge in [0.25, 0.3) is 0 Å². The Balaban J connectivity index is 1.92. The molecule has 4 nitrogen and oxygen atoms in total. The molecule has 1 fully saturated rings. The Bertz CT molecular complexity index is 893. The van der Waals surface area contributed by atoms with Crippen LogP contribution in [0.5, 0.6) is 5.75 Å². The Morgan fingerprint density at radius 3 is 2.68 bits per heavy atom. The molecule has 0 bridgehead atoms. The van der Waals surface area contributed by atoms with Crippen LogP contribution in [-0.2, 0) is 0 Å². The summed E-state index contributed by atoms with van der Waals surface area (Å²) >= 11 is 0. The molecule has 3 aromatic rings. The molecule has 0 radical (unpaired) electrons. The molecule has 0 unspecified atom stereocenters. The first-order valence-electron chi connectivity index (χ1n) is 9.09. The van der Waals surface area contributed by atoms with Gasteiger partial charge in [0, 0.05) is 18.0 Å². The van der Waals surface area contributed by atoms with Crippen LogP contribution in [0.3, 0.4) is 0 Å². The third kappa shape index (κ3) is 2.93. The monoisotopic (exact) mass is 333 g/mol. The maximum atomic E-state index is 10.2.